The number of rotatable bonds is 9. The van der Waals surface area contributed by atoms with Crippen LogP contribution in [0.25, 0.3) is 0 Å². The van der Waals surface area contributed by atoms with Gasteiger partial charge in [0.15, 0.2) is 12.6 Å². The van der Waals surface area contributed by atoms with Gasteiger partial charge in [-0.1, -0.05) is 12.1 Å². The maximum absolute atomic E-state index is 12.0. The third-order valence-corrected chi connectivity index (χ3v) is 2.73. The van der Waals surface area contributed by atoms with Gasteiger partial charge in [0.2, 0.25) is 0 Å². The molecular weight excluding hydrogens is 438 g/mol. The average Bonchev–Trinajstić information content (AvgIpc) is 2.51. The molecule has 0 aliphatic heterocycles. The van der Waals surface area contributed by atoms with Crippen LogP contribution in [0.2, 0.25) is 0 Å². The third kappa shape index (κ3) is 11.3. The molecular formula is C15H23F3IN3O2. The fourth-order valence-corrected chi connectivity index (χ4v) is 1.62. The van der Waals surface area contributed by atoms with Crippen molar-refractivity contribution in [3.8, 4) is 5.75 Å². The van der Waals surface area contributed by atoms with Gasteiger partial charge < -0.3 is 20.5 Å². The maximum atomic E-state index is 12.0. The van der Waals surface area contributed by atoms with Gasteiger partial charge in [0, 0.05) is 19.8 Å². The molecule has 1 rings (SSSR count). The molecule has 0 saturated carbocycles. The van der Waals surface area contributed by atoms with E-state index >= 15 is 0 Å². The van der Waals surface area contributed by atoms with Crippen LogP contribution in [-0.4, -0.2) is 38.5 Å². The first kappa shape index (κ1) is 22.8. The van der Waals surface area contributed by atoms with Crippen LogP contribution in [0.15, 0.2) is 29.3 Å². The second-order valence-corrected chi connectivity index (χ2v) is 4.73. The van der Waals surface area contributed by atoms with Crippen LogP contribution in [0, 0.1) is 0 Å². The van der Waals surface area contributed by atoms with E-state index in [1.807, 2.05) is 6.92 Å². The number of hydrogen-bond acceptors (Lipinski definition) is 3. The van der Waals surface area contributed by atoms with Gasteiger partial charge in [-0.2, -0.15) is 13.2 Å². The lowest BCUT2D eigenvalue weighted by Gasteiger charge is -2.09. The smallest absolute Gasteiger partial charge is 0.422 e. The van der Waals surface area contributed by atoms with Crippen molar-refractivity contribution < 1.29 is 22.6 Å². The van der Waals surface area contributed by atoms with Crippen LogP contribution >= 0.6 is 24.0 Å². The Hall–Kier alpha value is -1.23. The molecule has 0 unspecified atom stereocenters. The molecule has 1 aromatic rings. The Balaban J connectivity index is 0.00000529. The minimum absolute atomic E-state index is 0. The number of nitrogens with one attached hydrogen (secondary N) is 1. The number of ether oxygens (including phenoxy) is 2. The Morgan fingerprint density at radius 2 is 1.92 bits per heavy atom. The fraction of sp³-hybridized carbons (Fsp3) is 0.533. The third-order valence-electron chi connectivity index (χ3n) is 2.73. The molecule has 0 atom stereocenters. The molecule has 0 spiro atoms. The summed E-state index contributed by atoms with van der Waals surface area (Å²) in [5, 5.41) is 2.96. The molecule has 0 saturated heterocycles. The number of nitrogens with zero attached hydrogens (tertiary/aromatic N) is 1. The van der Waals surface area contributed by atoms with Gasteiger partial charge in [0.05, 0.1) is 6.54 Å². The van der Waals surface area contributed by atoms with Crippen molar-refractivity contribution in [2.75, 3.05) is 26.4 Å². The number of guanidine groups is 1. The van der Waals surface area contributed by atoms with Crippen LogP contribution < -0.4 is 15.8 Å². The van der Waals surface area contributed by atoms with Gasteiger partial charge >= 0.3 is 6.18 Å². The number of halogens is 4. The van der Waals surface area contributed by atoms with Gasteiger partial charge in [-0.3, -0.25) is 0 Å². The van der Waals surface area contributed by atoms with E-state index in [-0.39, 0.29) is 29.7 Å². The Labute approximate surface area is 156 Å². The van der Waals surface area contributed by atoms with Crippen molar-refractivity contribution >= 4 is 29.9 Å². The van der Waals surface area contributed by atoms with Crippen LogP contribution in [-0.2, 0) is 11.3 Å². The lowest BCUT2D eigenvalue weighted by atomic mass is 10.2. The Morgan fingerprint density at radius 1 is 1.25 bits per heavy atom. The van der Waals surface area contributed by atoms with E-state index in [1.54, 1.807) is 12.1 Å². The first-order valence-corrected chi connectivity index (χ1v) is 7.30. The van der Waals surface area contributed by atoms with Gasteiger partial charge in [0.1, 0.15) is 5.75 Å². The van der Waals surface area contributed by atoms with E-state index < -0.39 is 12.8 Å². The molecule has 0 aliphatic rings. The summed E-state index contributed by atoms with van der Waals surface area (Å²) < 4.78 is 45.9. The highest BCUT2D eigenvalue weighted by atomic mass is 127. The SMILES string of the molecule is CCOCCCNC(N)=NCc1ccc(OCC(F)(F)F)cc1.I. The number of nitrogens with two attached hydrogens (primary N) is 1. The summed E-state index contributed by atoms with van der Waals surface area (Å²) >= 11 is 0. The minimum Gasteiger partial charge on any atom is -0.484 e. The summed E-state index contributed by atoms with van der Waals surface area (Å²) in [5.41, 5.74) is 6.53. The molecule has 138 valence electrons. The van der Waals surface area contributed by atoms with E-state index in [0.717, 1.165) is 12.0 Å². The van der Waals surface area contributed by atoms with E-state index in [0.29, 0.717) is 32.3 Å². The molecule has 24 heavy (non-hydrogen) atoms. The van der Waals surface area contributed by atoms with E-state index in [4.69, 9.17) is 10.5 Å². The first-order chi connectivity index (χ1) is 10.9. The summed E-state index contributed by atoms with van der Waals surface area (Å²) in [6.45, 7) is 2.98. The highest BCUT2D eigenvalue weighted by molar-refractivity contribution is 14.0. The number of alkyl halides is 3. The zero-order chi connectivity index (χ0) is 17.1. The number of aliphatic imine (C=N–C) groups is 1. The zero-order valence-electron chi connectivity index (χ0n) is 13.4. The van der Waals surface area contributed by atoms with Crippen molar-refractivity contribution in [2.45, 2.75) is 26.1 Å². The zero-order valence-corrected chi connectivity index (χ0v) is 15.8. The van der Waals surface area contributed by atoms with Gasteiger partial charge in [-0.05, 0) is 31.0 Å². The largest absolute Gasteiger partial charge is 0.484 e. The molecule has 0 aromatic heterocycles. The summed E-state index contributed by atoms with van der Waals surface area (Å²) in [6, 6.07) is 6.25. The maximum Gasteiger partial charge on any atom is 0.422 e. The Morgan fingerprint density at radius 3 is 2.50 bits per heavy atom. The van der Waals surface area contributed by atoms with Crippen molar-refractivity contribution in [3.63, 3.8) is 0 Å². The van der Waals surface area contributed by atoms with Gasteiger partial charge in [-0.15, -0.1) is 24.0 Å². The Bertz CT molecular complexity index is 482. The Kier molecular flexibility index (Phi) is 11.6. The summed E-state index contributed by atoms with van der Waals surface area (Å²) in [4.78, 5) is 4.15. The quantitative estimate of drug-likeness (QED) is 0.257. The van der Waals surface area contributed by atoms with Crippen LogP contribution in [0.1, 0.15) is 18.9 Å². The standard InChI is InChI=1S/C15H22F3N3O2.HI/c1-2-22-9-3-8-20-14(19)21-10-12-4-6-13(7-5-12)23-11-15(16,17)18;/h4-7H,2-3,8-11H2,1H3,(H3,19,20,21);1H. The predicted molar refractivity (Wildman–Crippen MR) is 97.8 cm³/mol. The van der Waals surface area contributed by atoms with E-state index in [2.05, 4.69) is 15.0 Å². The highest BCUT2D eigenvalue weighted by Gasteiger charge is 2.28. The molecule has 0 heterocycles. The molecule has 0 radical (unpaired) electrons. The second kappa shape index (κ2) is 12.2. The average molecular weight is 461 g/mol. The van der Waals surface area contributed by atoms with E-state index in [1.165, 1.54) is 12.1 Å². The number of benzene rings is 1. The highest BCUT2D eigenvalue weighted by Crippen LogP contribution is 2.19. The topological polar surface area (TPSA) is 68.9 Å². The summed E-state index contributed by atoms with van der Waals surface area (Å²) in [6.07, 6.45) is -3.51. The van der Waals surface area contributed by atoms with Gasteiger partial charge in [0.25, 0.3) is 0 Å². The van der Waals surface area contributed by atoms with Crippen LogP contribution in [0.4, 0.5) is 13.2 Å². The van der Waals surface area contributed by atoms with Gasteiger partial charge in [-0.25, -0.2) is 4.99 Å². The van der Waals surface area contributed by atoms with Crippen molar-refractivity contribution in [3.05, 3.63) is 29.8 Å². The summed E-state index contributed by atoms with van der Waals surface area (Å²) in [5.74, 6) is 0.482. The molecule has 0 fully saturated rings. The van der Waals surface area contributed by atoms with E-state index in [9.17, 15) is 13.2 Å². The number of hydrogen-bond donors (Lipinski definition) is 2. The van der Waals surface area contributed by atoms with Crippen LogP contribution in [0.3, 0.4) is 0 Å². The lowest BCUT2D eigenvalue weighted by Crippen LogP contribution is -2.32. The molecule has 1 aromatic carbocycles. The van der Waals surface area contributed by atoms with Crippen molar-refractivity contribution in [1.82, 2.24) is 5.32 Å². The monoisotopic (exact) mass is 461 g/mol. The summed E-state index contributed by atoms with van der Waals surface area (Å²) in [7, 11) is 0. The fourth-order valence-electron chi connectivity index (χ4n) is 1.62. The minimum atomic E-state index is -4.34. The molecule has 0 bridgehead atoms. The normalized spacial score (nSPS) is 11.8. The first-order valence-electron chi connectivity index (χ1n) is 7.30. The van der Waals surface area contributed by atoms with Crippen molar-refractivity contribution in [2.24, 2.45) is 10.7 Å². The van der Waals surface area contributed by atoms with Crippen LogP contribution in [0.5, 0.6) is 5.75 Å². The van der Waals surface area contributed by atoms with Crippen molar-refractivity contribution in [1.29, 1.82) is 0 Å². The molecule has 0 aliphatic carbocycles. The molecule has 0 amide bonds. The molecule has 9 heteroatoms. The molecule has 5 nitrogen and oxygen atoms in total. The molecule has 3 N–H and O–H groups in total. The lowest BCUT2D eigenvalue weighted by molar-refractivity contribution is -0.153. The second-order valence-electron chi connectivity index (χ2n) is 4.73. The predicted octanol–water partition coefficient (Wildman–Crippen LogP) is 3.08.